The van der Waals surface area contributed by atoms with Gasteiger partial charge in [0, 0.05) is 12.0 Å². The molecule has 0 saturated heterocycles. The normalized spacial score (nSPS) is 16.3. The first kappa shape index (κ1) is 8.71. The van der Waals surface area contributed by atoms with E-state index in [0.717, 1.165) is 0 Å². The van der Waals surface area contributed by atoms with Crippen molar-refractivity contribution in [1.29, 1.82) is 0 Å². The van der Waals surface area contributed by atoms with Gasteiger partial charge < -0.3 is 10.5 Å². The highest BCUT2D eigenvalue weighted by atomic mass is 32.1. The summed E-state index contributed by atoms with van der Waals surface area (Å²) in [6.07, 6.45) is 0.0913. The van der Waals surface area contributed by atoms with Gasteiger partial charge in [0.2, 0.25) is 0 Å². The van der Waals surface area contributed by atoms with E-state index in [1.54, 1.807) is 18.4 Å². The fourth-order valence-corrected chi connectivity index (χ4v) is 1.68. The molecule has 1 aromatic heterocycles. The fourth-order valence-electron chi connectivity index (χ4n) is 0.859. The standard InChI is InChI=1S/C8H13NOS/c1-6(10-2)8(9)7-4-3-5-11-7/h3-6,8H,9H2,1-2H3. The first-order valence-corrected chi connectivity index (χ1v) is 4.45. The molecule has 3 heteroatoms. The zero-order chi connectivity index (χ0) is 8.27. The first-order chi connectivity index (χ1) is 5.25. The number of hydrogen-bond acceptors (Lipinski definition) is 3. The van der Waals surface area contributed by atoms with Gasteiger partial charge in [0.05, 0.1) is 12.1 Å². The molecule has 0 amide bonds. The van der Waals surface area contributed by atoms with Crippen LogP contribution in [0, 0.1) is 0 Å². The molecule has 0 saturated carbocycles. The molecular formula is C8H13NOS. The molecule has 0 fully saturated rings. The highest BCUT2D eigenvalue weighted by molar-refractivity contribution is 7.10. The van der Waals surface area contributed by atoms with E-state index in [1.165, 1.54) is 4.88 Å². The van der Waals surface area contributed by atoms with Gasteiger partial charge in [-0.05, 0) is 18.4 Å². The van der Waals surface area contributed by atoms with Gasteiger partial charge in [-0.3, -0.25) is 0 Å². The Bertz CT molecular complexity index is 198. The molecule has 11 heavy (non-hydrogen) atoms. The van der Waals surface area contributed by atoms with Gasteiger partial charge in [-0.2, -0.15) is 0 Å². The molecule has 2 unspecified atom stereocenters. The quantitative estimate of drug-likeness (QED) is 0.752. The number of rotatable bonds is 3. The van der Waals surface area contributed by atoms with Crippen molar-refractivity contribution < 1.29 is 4.74 Å². The van der Waals surface area contributed by atoms with Gasteiger partial charge in [-0.25, -0.2) is 0 Å². The minimum absolute atomic E-state index is 0.0139. The summed E-state index contributed by atoms with van der Waals surface area (Å²) < 4.78 is 5.12. The molecule has 62 valence electrons. The highest BCUT2D eigenvalue weighted by Crippen LogP contribution is 2.20. The largest absolute Gasteiger partial charge is 0.380 e. The molecule has 0 radical (unpaired) electrons. The van der Waals surface area contributed by atoms with E-state index < -0.39 is 0 Å². The molecule has 0 aliphatic carbocycles. The molecule has 0 aromatic carbocycles. The lowest BCUT2D eigenvalue weighted by Gasteiger charge is -2.16. The summed E-state index contributed by atoms with van der Waals surface area (Å²) in [6, 6.07) is 4.05. The fraction of sp³-hybridized carbons (Fsp3) is 0.500. The second-order valence-electron chi connectivity index (χ2n) is 2.48. The Kier molecular flexibility index (Phi) is 3.05. The van der Waals surface area contributed by atoms with E-state index >= 15 is 0 Å². The molecule has 0 aliphatic heterocycles. The van der Waals surface area contributed by atoms with Crippen LogP contribution < -0.4 is 5.73 Å². The lowest BCUT2D eigenvalue weighted by Crippen LogP contribution is -2.24. The van der Waals surface area contributed by atoms with E-state index in [1.807, 2.05) is 24.4 Å². The van der Waals surface area contributed by atoms with E-state index in [-0.39, 0.29) is 12.1 Å². The van der Waals surface area contributed by atoms with E-state index in [4.69, 9.17) is 10.5 Å². The monoisotopic (exact) mass is 171 g/mol. The van der Waals surface area contributed by atoms with E-state index in [0.29, 0.717) is 0 Å². The predicted octanol–water partition coefficient (Wildman–Crippen LogP) is 1.78. The molecule has 2 N–H and O–H groups in total. The second kappa shape index (κ2) is 3.85. The lowest BCUT2D eigenvalue weighted by atomic mass is 10.1. The van der Waals surface area contributed by atoms with Gasteiger partial charge in [0.1, 0.15) is 0 Å². The van der Waals surface area contributed by atoms with Gasteiger partial charge in [-0.1, -0.05) is 6.07 Å². The van der Waals surface area contributed by atoms with E-state index in [9.17, 15) is 0 Å². The Labute approximate surface area is 71.0 Å². The van der Waals surface area contributed by atoms with Crippen molar-refractivity contribution in [2.45, 2.75) is 19.1 Å². The number of hydrogen-bond donors (Lipinski definition) is 1. The van der Waals surface area contributed by atoms with Crippen LogP contribution in [0.1, 0.15) is 17.8 Å². The molecule has 0 aliphatic rings. The van der Waals surface area contributed by atoms with Crippen LogP contribution in [-0.4, -0.2) is 13.2 Å². The van der Waals surface area contributed by atoms with Crippen LogP contribution in [0.5, 0.6) is 0 Å². The van der Waals surface area contributed by atoms with Gasteiger partial charge in [-0.15, -0.1) is 11.3 Å². The van der Waals surface area contributed by atoms with Crippen molar-refractivity contribution in [3.8, 4) is 0 Å². The maximum absolute atomic E-state index is 5.88. The van der Waals surface area contributed by atoms with Crippen LogP contribution >= 0.6 is 11.3 Å². The number of nitrogens with two attached hydrogens (primary N) is 1. The van der Waals surface area contributed by atoms with Crippen LogP contribution in [0.3, 0.4) is 0 Å². The third-order valence-corrected chi connectivity index (χ3v) is 2.72. The van der Waals surface area contributed by atoms with Crippen LogP contribution in [0.15, 0.2) is 17.5 Å². The maximum atomic E-state index is 5.88. The van der Waals surface area contributed by atoms with Crippen molar-refractivity contribution >= 4 is 11.3 Å². The average molecular weight is 171 g/mol. The smallest absolute Gasteiger partial charge is 0.0743 e. The molecular weight excluding hydrogens is 158 g/mol. The second-order valence-corrected chi connectivity index (χ2v) is 3.46. The zero-order valence-electron chi connectivity index (χ0n) is 6.78. The Hall–Kier alpha value is -0.380. The minimum atomic E-state index is 0.0139. The third-order valence-electron chi connectivity index (χ3n) is 1.75. The summed E-state index contributed by atoms with van der Waals surface area (Å²) in [5, 5.41) is 2.03. The first-order valence-electron chi connectivity index (χ1n) is 3.57. The highest BCUT2D eigenvalue weighted by Gasteiger charge is 2.14. The zero-order valence-corrected chi connectivity index (χ0v) is 7.60. The number of thiophene rings is 1. The van der Waals surface area contributed by atoms with Gasteiger partial charge in [0.15, 0.2) is 0 Å². The van der Waals surface area contributed by atoms with E-state index in [2.05, 4.69) is 0 Å². The van der Waals surface area contributed by atoms with Crippen molar-refractivity contribution in [2.24, 2.45) is 5.73 Å². The summed E-state index contributed by atoms with van der Waals surface area (Å²) in [4.78, 5) is 1.18. The van der Waals surface area contributed by atoms with Crippen LogP contribution in [0.2, 0.25) is 0 Å². The Morgan fingerprint density at radius 2 is 2.36 bits per heavy atom. The average Bonchev–Trinajstić information content (AvgIpc) is 2.53. The summed E-state index contributed by atoms with van der Waals surface area (Å²) >= 11 is 1.67. The Morgan fingerprint density at radius 1 is 1.64 bits per heavy atom. The van der Waals surface area contributed by atoms with Crippen LogP contribution in [0.25, 0.3) is 0 Å². The Balaban J connectivity index is 2.62. The topological polar surface area (TPSA) is 35.2 Å². The Morgan fingerprint density at radius 3 is 2.82 bits per heavy atom. The molecule has 1 aromatic rings. The van der Waals surface area contributed by atoms with Crippen molar-refractivity contribution in [1.82, 2.24) is 0 Å². The number of ether oxygens (including phenoxy) is 1. The SMILES string of the molecule is COC(C)C(N)c1cccs1. The predicted molar refractivity (Wildman–Crippen MR) is 47.7 cm³/mol. The van der Waals surface area contributed by atoms with Gasteiger partial charge >= 0.3 is 0 Å². The summed E-state index contributed by atoms with van der Waals surface area (Å²) in [5.41, 5.74) is 5.88. The molecule has 1 heterocycles. The molecule has 2 atom stereocenters. The minimum Gasteiger partial charge on any atom is -0.380 e. The third kappa shape index (κ3) is 2.02. The molecule has 2 nitrogen and oxygen atoms in total. The van der Waals surface area contributed by atoms with Crippen molar-refractivity contribution in [2.75, 3.05) is 7.11 Å². The van der Waals surface area contributed by atoms with Crippen molar-refractivity contribution in [3.63, 3.8) is 0 Å². The molecule has 0 spiro atoms. The van der Waals surface area contributed by atoms with Crippen LogP contribution in [-0.2, 0) is 4.74 Å². The van der Waals surface area contributed by atoms with Gasteiger partial charge in [0.25, 0.3) is 0 Å². The van der Waals surface area contributed by atoms with Crippen molar-refractivity contribution in [3.05, 3.63) is 22.4 Å². The summed E-state index contributed by atoms with van der Waals surface area (Å²) in [5.74, 6) is 0. The summed E-state index contributed by atoms with van der Waals surface area (Å²) in [6.45, 7) is 1.98. The maximum Gasteiger partial charge on any atom is 0.0743 e. The molecule has 1 rings (SSSR count). The van der Waals surface area contributed by atoms with Crippen LogP contribution in [0.4, 0.5) is 0 Å². The lowest BCUT2D eigenvalue weighted by molar-refractivity contribution is 0.0966. The number of methoxy groups -OCH3 is 1. The summed E-state index contributed by atoms with van der Waals surface area (Å²) in [7, 11) is 1.68. The molecule has 0 bridgehead atoms.